The van der Waals surface area contributed by atoms with Crippen molar-refractivity contribution in [2.75, 3.05) is 0 Å². The molecule has 1 aliphatic rings. The van der Waals surface area contributed by atoms with Crippen LogP contribution in [0.1, 0.15) is 57.6 Å². The van der Waals surface area contributed by atoms with E-state index in [-0.39, 0.29) is 0 Å². The zero-order valence-corrected chi connectivity index (χ0v) is 13.4. The molecule has 0 bridgehead atoms. The maximum Gasteiger partial charge on any atom is -0.0224 e. The highest BCUT2D eigenvalue weighted by atomic mass is 14.2. The second kappa shape index (κ2) is 6.92. The molecule has 1 aromatic carbocycles. The molecule has 2 rings (SSSR count). The van der Waals surface area contributed by atoms with E-state index >= 15 is 0 Å². The monoisotopic (exact) mass is 268 g/mol. The van der Waals surface area contributed by atoms with Crippen molar-refractivity contribution in [3.8, 4) is 0 Å². The van der Waals surface area contributed by atoms with E-state index in [0.29, 0.717) is 0 Å². The molecule has 0 amide bonds. The van der Waals surface area contributed by atoms with Crippen molar-refractivity contribution in [3.05, 3.63) is 53.1 Å². The van der Waals surface area contributed by atoms with Crippen LogP contribution >= 0.6 is 0 Å². The van der Waals surface area contributed by atoms with Crippen molar-refractivity contribution in [1.82, 2.24) is 0 Å². The van der Waals surface area contributed by atoms with Gasteiger partial charge in [-0.3, -0.25) is 0 Å². The highest BCUT2D eigenvalue weighted by molar-refractivity contribution is 5.68. The summed E-state index contributed by atoms with van der Waals surface area (Å²) in [4.78, 5) is 0. The Hall–Kier alpha value is -1.30. The Morgan fingerprint density at radius 1 is 0.900 bits per heavy atom. The third-order valence-electron chi connectivity index (χ3n) is 4.41. The first-order valence-corrected chi connectivity index (χ1v) is 8.03. The molecule has 0 fully saturated rings. The number of hydrogen-bond acceptors (Lipinski definition) is 0. The molecular weight excluding hydrogens is 240 g/mol. The molecule has 1 atom stereocenters. The van der Waals surface area contributed by atoms with Gasteiger partial charge in [0, 0.05) is 0 Å². The molecule has 0 saturated heterocycles. The van der Waals surface area contributed by atoms with Crippen LogP contribution in [0.4, 0.5) is 0 Å². The minimum atomic E-state index is 0.744. The van der Waals surface area contributed by atoms with Crippen molar-refractivity contribution in [3.63, 3.8) is 0 Å². The minimum absolute atomic E-state index is 0.744. The molecule has 0 aromatic heterocycles. The number of hydrogen-bond donors (Lipinski definition) is 0. The number of benzene rings is 1. The second-order valence-electron chi connectivity index (χ2n) is 6.67. The molecule has 0 nitrogen and oxygen atoms in total. The fourth-order valence-electron chi connectivity index (χ4n) is 2.84. The van der Waals surface area contributed by atoms with Crippen LogP contribution in [-0.2, 0) is 0 Å². The summed E-state index contributed by atoms with van der Waals surface area (Å²) in [6.45, 7) is 9.17. The molecule has 1 unspecified atom stereocenters. The van der Waals surface area contributed by atoms with Gasteiger partial charge >= 0.3 is 0 Å². The summed E-state index contributed by atoms with van der Waals surface area (Å²) in [6.07, 6.45) is 9.82. The van der Waals surface area contributed by atoms with Crippen molar-refractivity contribution < 1.29 is 0 Å². The van der Waals surface area contributed by atoms with E-state index in [4.69, 9.17) is 0 Å². The smallest absolute Gasteiger partial charge is 0.0224 e. The summed E-state index contributed by atoms with van der Waals surface area (Å²) in [5.74, 6) is 1.56. The van der Waals surface area contributed by atoms with Crippen LogP contribution in [-0.4, -0.2) is 0 Å². The normalized spacial score (nSPS) is 16.9. The fourth-order valence-corrected chi connectivity index (χ4v) is 2.84. The van der Waals surface area contributed by atoms with Gasteiger partial charge in [-0.25, -0.2) is 0 Å². The van der Waals surface area contributed by atoms with Gasteiger partial charge in [0.2, 0.25) is 0 Å². The summed E-state index contributed by atoms with van der Waals surface area (Å²) < 4.78 is 0. The van der Waals surface area contributed by atoms with Crippen LogP contribution in [0.15, 0.2) is 42.0 Å². The van der Waals surface area contributed by atoms with Crippen molar-refractivity contribution in [2.24, 2.45) is 11.8 Å². The highest BCUT2D eigenvalue weighted by Gasteiger charge is 2.14. The first-order chi connectivity index (χ1) is 9.56. The standard InChI is InChI=1S/C20H28/c1-15(2)5-8-17(4)18-11-13-20(14-12-18)19-9-6-16(3)7-10-19/h6-7,9-11,13,15,17H,5,8,12,14H2,1-4H3. The van der Waals surface area contributed by atoms with Crippen molar-refractivity contribution in [1.29, 1.82) is 0 Å². The summed E-state index contributed by atoms with van der Waals surface area (Å²) in [5, 5.41) is 0. The van der Waals surface area contributed by atoms with E-state index < -0.39 is 0 Å². The largest absolute Gasteiger partial charge is 0.0670 e. The zero-order valence-electron chi connectivity index (χ0n) is 13.4. The zero-order chi connectivity index (χ0) is 14.5. The van der Waals surface area contributed by atoms with Gasteiger partial charge in [-0.1, -0.05) is 74.7 Å². The highest BCUT2D eigenvalue weighted by Crippen LogP contribution is 2.32. The summed E-state index contributed by atoms with van der Waals surface area (Å²) >= 11 is 0. The van der Waals surface area contributed by atoms with Crippen LogP contribution in [0.5, 0.6) is 0 Å². The van der Waals surface area contributed by atoms with E-state index in [2.05, 4.69) is 64.1 Å². The van der Waals surface area contributed by atoms with Crippen LogP contribution in [0.2, 0.25) is 0 Å². The van der Waals surface area contributed by atoms with Gasteiger partial charge in [0.1, 0.15) is 0 Å². The Morgan fingerprint density at radius 3 is 2.15 bits per heavy atom. The molecule has 108 valence electrons. The Labute approximate surface area is 124 Å². The minimum Gasteiger partial charge on any atom is -0.0670 e. The molecule has 0 heterocycles. The van der Waals surface area contributed by atoms with Gasteiger partial charge in [-0.15, -0.1) is 0 Å². The quantitative estimate of drug-likeness (QED) is 0.599. The predicted molar refractivity (Wildman–Crippen MR) is 89.7 cm³/mol. The van der Waals surface area contributed by atoms with Gasteiger partial charge in [0.15, 0.2) is 0 Å². The van der Waals surface area contributed by atoms with Crippen LogP contribution < -0.4 is 0 Å². The van der Waals surface area contributed by atoms with Gasteiger partial charge in [0.05, 0.1) is 0 Å². The molecule has 1 aliphatic carbocycles. The average molecular weight is 268 g/mol. The Morgan fingerprint density at radius 2 is 1.60 bits per heavy atom. The molecule has 0 radical (unpaired) electrons. The Kier molecular flexibility index (Phi) is 5.23. The van der Waals surface area contributed by atoms with Gasteiger partial charge in [0.25, 0.3) is 0 Å². The topological polar surface area (TPSA) is 0 Å². The van der Waals surface area contributed by atoms with Crippen LogP contribution in [0.25, 0.3) is 5.57 Å². The summed E-state index contributed by atoms with van der Waals surface area (Å²) in [6, 6.07) is 8.92. The Bertz CT molecular complexity index is 485. The average Bonchev–Trinajstić information content (AvgIpc) is 2.46. The number of aryl methyl sites for hydroxylation is 1. The molecule has 0 heteroatoms. The first-order valence-electron chi connectivity index (χ1n) is 8.03. The molecule has 0 aliphatic heterocycles. The fraction of sp³-hybridized carbons (Fsp3) is 0.500. The SMILES string of the molecule is Cc1ccc(C2=CC=C(C(C)CCC(C)C)CC2)cc1. The molecular formula is C20H28. The summed E-state index contributed by atoms with van der Waals surface area (Å²) in [7, 11) is 0. The number of allylic oxidation sites excluding steroid dienone is 4. The number of rotatable bonds is 5. The lowest BCUT2D eigenvalue weighted by atomic mass is 9.85. The van der Waals surface area contributed by atoms with Crippen molar-refractivity contribution in [2.45, 2.75) is 53.4 Å². The van der Waals surface area contributed by atoms with Crippen molar-refractivity contribution >= 4 is 5.57 Å². The van der Waals surface area contributed by atoms with Gasteiger partial charge in [-0.2, -0.15) is 0 Å². The lowest BCUT2D eigenvalue weighted by molar-refractivity contribution is 0.481. The Balaban J connectivity index is 2.02. The third-order valence-corrected chi connectivity index (χ3v) is 4.41. The van der Waals surface area contributed by atoms with E-state index in [9.17, 15) is 0 Å². The lowest BCUT2D eigenvalue weighted by Crippen LogP contribution is -2.04. The molecule has 20 heavy (non-hydrogen) atoms. The van der Waals surface area contributed by atoms with Gasteiger partial charge < -0.3 is 0 Å². The maximum absolute atomic E-state index is 2.39. The second-order valence-corrected chi connectivity index (χ2v) is 6.67. The molecule has 0 N–H and O–H groups in total. The molecule has 0 spiro atoms. The van der Waals surface area contributed by atoms with E-state index in [0.717, 1.165) is 11.8 Å². The van der Waals surface area contributed by atoms with E-state index in [1.807, 2.05) is 0 Å². The molecule has 1 aromatic rings. The van der Waals surface area contributed by atoms with Crippen LogP contribution in [0.3, 0.4) is 0 Å². The van der Waals surface area contributed by atoms with E-state index in [1.54, 1.807) is 5.57 Å². The first kappa shape index (κ1) is 15.1. The maximum atomic E-state index is 2.39. The predicted octanol–water partition coefficient (Wildman–Crippen LogP) is 6.17. The molecule has 0 saturated carbocycles. The van der Waals surface area contributed by atoms with E-state index in [1.165, 1.54) is 42.4 Å². The van der Waals surface area contributed by atoms with Gasteiger partial charge in [-0.05, 0) is 49.2 Å². The van der Waals surface area contributed by atoms with Crippen LogP contribution in [0, 0.1) is 18.8 Å². The lowest BCUT2D eigenvalue weighted by Gasteiger charge is -2.21. The third kappa shape index (κ3) is 4.10. The summed E-state index contributed by atoms with van der Waals surface area (Å²) in [5.41, 5.74) is 5.86.